The summed E-state index contributed by atoms with van der Waals surface area (Å²) in [6.07, 6.45) is 0.380. The quantitative estimate of drug-likeness (QED) is 0.936. The van der Waals surface area contributed by atoms with Crippen LogP contribution in [0, 0.1) is 5.82 Å². The van der Waals surface area contributed by atoms with Gasteiger partial charge < -0.3 is 15.0 Å². The van der Waals surface area contributed by atoms with Crippen LogP contribution in [-0.4, -0.2) is 29.4 Å². The van der Waals surface area contributed by atoms with Gasteiger partial charge in [0.1, 0.15) is 5.82 Å². The number of rotatable bonds is 3. The zero-order chi connectivity index (χ0) is 14.1. The Labute approximate surface area is 119 Å². The van der Waals surface area contributed by atoms with Crippen molar-refractivity contribution in [1.29, 1.82) is 0 Å². The third kappa shape index (κ3) is 2.67. The average Bonchev–Trinajstić information content (AvgIpc) is 3.01. The van der Waals surface area contributed by atoms with E-state index >= 15 is 0 Å². The van der Waals surface area contributed by atoms with E-state index in [1.807, 2.05) is 0 Å². The summed E-state index contributed by atoms with van der Waals surface area (Å²) in [4.78, 5) is 4.31. The van der Waals surface area contributed by atoms with Gasteiger partial charge in [-0.05, 0) is 17.7 Å². The topological polar surface area (TPSA) is 74.2 Å². The minimum Gasteiger partial charge on any atom is -0.379 e. The molecule has 1 saturated heterocycles. The van der Waals surface area contributed by atoms with Gasteiger partial charge in [0.2, 0.25) is 5.89 Å². The number of hydrogen-bond donors (Lipinski definition) is 1. The molecule has 1 aliphatic rings. The highest BCUT2D eigenvalue weighted by Crippen LogP contribution is 2.24. The first-order valence-electron chi connectivity index (χ1n) is 6.23. The molecular formula is C13H13ClFN3O2. The van der Waals surface area contributed by atoms with E-state index in [1.165, 1.54) is 12.1 Å². The molecule has 5 nitrogen and oxygen atoms in total. The van der Waals surface area contributed by atoms with Crippen LogP contribution < -0.4 is 5.73 Å². The number of aromatic nitrogens is 2. The number of benzene rings is 1. The second-order valence-electron chi connectivity index (χ2n) is 4.77. The average molecular weight is 298 g/mol. The largest absolute Gasteiger partial charge is 0.379 e. The van der Waals surface area contributed by atoms with Gasteiger partial charge in [-0.1, -0.05) is 22.8 Å². The molecule has 0 saturated carbocycles. The summed E-state index contributed by atoms with van der Waals surface area (Å²) in [6.45, 7) is 0.978. The van der Waals surface area contributed by atoms with Crippen LogP contribution in [0.4, 0.5) is 4.39 Å². The molecule has 0 radical (unpaired) electrons. The highest BCUT2D eigenvalue weighted by molar-refractivity contribution is 6.31. The molecular weight excluding hydrogens is 285 g/mol. The lowest BCUT2D eigenvalue weighted by atomic mass is 10.1. The standard InChI is InChI=1S/C13H13ClFN3O2/c14-10-4-8(15)2-1-7(10)3-12-17-13(20-18-12)9-5-19-6-11(9)16/h1-2,4,9,11H,3,5-6,16H2. The fourth-order valence-electron chi connectivity index (χ4n) is 2.15. The van der Waals surface area contributed by atoms with Gasteiger partial charge in [0, 0.05) is 17.5 Å². The summed E-state index contributed by atoms with van der Waals surface area (Å²) >= 11 is 5.97. The molecule has 3 rings (SSSR count). The van der Waals surface area contributed by atoms with Crippen molar-refractivity contribution in [1.82, 2.24) is 10.1 Å². The van der Waals surface area contributed by atoms with Gasteiger partial charge in [-0.15, -0.1) is 0 Å². The summed E-state index contributed by atoms with van der Waals surface area (Å²) in [5.74, 6) is 0.525. The molecule has 1 fully saturated rings. The van der Waals surface area contributed by atoms with Gasteiger partial charge in [-0.3, -0.25) is 0 Å². The van der Waals surface area contributed by atoms with Crippen LogP contribution in [0.5, 0.6) is 0 Å². The minimum atomic E-state index is -0.373. The van der Waals surface area contributed by atoms with E-state index in [-0.39, 0.29) is 17.8 Å². The van der Waals surface area contributed by atoms with Gasteiger partial charge in [0.25, 0.3) is 0 Å². The van der Waals surface area contributed by atoms with Crippen LogP contribution in [0.1, 0.15) is 23.2 Å². The first kappa shape index (κ1) is 13.5. The van der Waals surface area contributed by atoms with Crippen molar-refractivity contribution in [3.8, 4) is 0 Å². The van der Waals surface area contributed by atoms with Crippen LogP contribution in [0.15, 0.2) is 22.7 Å². The molecule has 1 aromatic heterocycles. The van der Waals surface area contributed by atoms with Gasteiger partial charge >= 0.3 is 0 Å². The molecule has 0 spiro atoms. The third-order valence-corrected chi connectivity index (χ3v) is 3.64. The lowest BCUT2D eigenvalue weighted by Gasteiger charge is -2.06. The fraction of sp³-hybridized carbons (Fsp3) is 0.385. The second-order valence-corrected chi connectivity index (χ2v) is 5.18. The van der Waals surface area contributed by atoms with Crippen LogP contribution in [0.2, 0.25) is 5.02 Å². The van der Waals surface area contributed by atoms with Gasteiger partial charge in [0.15, 0.2) is 5.82 Å². The van der Waals surface area contributed by atoms with Crippen LogP contribution in [-0.2, 0) is 11.2 Å². The van der Waals surface area contributed by atoms with Crippen molar-refractivity contribution in [2.24, 2.45) is 5.73 Å². The summed E-state index contributed by atoms with van der Waals surface area (Å²) in [7, 11) is 0. The summed E-state index contributed by atoms with van der Waals surface area (Å²) in [6, 6.07) is 4.09. The van der Waals surface area contributed by atoms with E-state index < -0.39 is 0 Å². The third-order valence-electron chi connectivity index (χ3n) is 3.29. The molecule has 2 unspecified atom stereocenters. The first-order valence-corrected chi connectivity index (χ1v) is 6.61. The van der Waals surface area contributed by atoms with Crippen molar-refractivity contribution in [3.05, 3.63) is 46.3 Å². The minimum absolute atomic E-state index is 0.0695. The van der Waals surface area contributed by atoms with Crippen molar-refractivity contribution in [2.75, 3.05) is 13.2 Å². The van der Waals surface area contributed by atoms with Gasteiger partial charge in [-0.2, -0.15) is 4.98 Å². The van der Waals surface area contributed by atoms with Gasteiger partial charge in [-0.25, -0.2) is 4.39 Å². The van der Waals surface area contributed by atoms with Crippen LogP contribution in [0.25, 0.3) is 0 Å². The highest BCUT2D eigenvalue weighted by atomic mass is 35.5. The van der Waals surface area contributed by atoms with Crippen molar-refractivity contribution in [3.63, 3.8) is 0 Å². The van der Waals surface area contributed by atoms with E-state index in [2.05, 4.69) is 10.1 Å². The van der Waals surface area contributed by atoms with Crippen LogP contribution >= 0.6 is 11.6 Å². The molecule has 0 bridgehead atoms. The van der Waals surface area contributed by atoms with Crippen molar-refractivity contribution in [2.45, 2.75) is 18.4 Å². The van der Waals surface area contributed by atoms with E-state index in [4.69, 9.17) is 26.6 Å². The molecule has 2 atom stereocenters. The zero-order valence-corrected chi connectivity index (χ0v) is 11.3. The van der Waals surface area contributed by atoms with E-state index in [0.717, 1.165) is 5.56 Å². The smallest absolute Gasteiger partial charge is 0.233 e. The molecule has 1 aromatic carbocycles. The summed E-state index contributed by atoms with van der Waals surface area (Å²) in [5.41, 5.74) is 6.64. The highest BCUT2D eigenvalue weighted by Gasteiger charge is 2.31. The van der Waals surface area contributed by atoms with Gasteiger partial charge in [0.05, 0.1) is 19.1 Å². The molecule has 2 aromatic rings. The number of nitrogens with zero attached hydrogens (tertiary/aromatic N) is 2. The molecule has 20 heavy (non-hydrogen) atoms. The Hall–Kier alpha value is -1.50. The normalized spacial score (nSPS) is 22.4. The van der Waals surface area contributed by atoms with E-state index in [9.17, 15) is 4.39 Å². The lowest BCUT2D eigenvalue weighted by molar-refractivity contribution is 0.187. The molecule has 0 aliphatic carbocycles. The lowest BCUT2D eigenvalue weighted by Crippen LogP contribution is -2.27. The predicted octanol–water partition coefficient (Wildman–Crippen LogP) is 1.89. The monoisotopic (exact) mass is 297 g/mol. The van der Waals surface area contributed by atoms with Crippen molar-refractivity contribution < 1.29 is 13.7 Å². The SMILES string of the molecule is NC1COCC1c1nc(Cc2ccc(F)cc2Cl)no1. The zero-order valence-electron chi connectivity index (χ0n) is 10.6. The summed E-state index contributed by atoms with van der Waals surface area (Å²) in [5, 5.41) is 4.25. The Morgan fingerprint density at radius 1 is 1.40 bits per heavy atom. The maximum atomic E-state index is 13.0. The first-order chi connectivity index (χ1) is 9.63. The molecule has 0 amide bonds. The Kier molecular flexibility index (Phi) is 3.69. The molecule has 2 N–H and O–H groups in total. The number of ether oxygens (including phenoxy) is 1. The number of hydrogen-bond acceptors (Lipinski definition) is 5. The number of nitrogens with two attached hydrogens (primary N) is 1. The fourth-order valence-corrected chi connectivity index (χ4v) is 2.38. The molecule has 7 heteroatoms. The summed E-state index contributed by atoms with van der Waals surface area (Å²) < 4.78 is 23.5. The molecule has 2 heterocycles. The second kappa shape index (κ2) is 5.47. The van der Waals surface area contributed by atoms with E-state index in [1.54, 1.807) is 6.07 Å². The predicted molar refractivity (Wildman–Crippen MR) is 70.0 cm³/mol. The Balaban J connectivity index is 1.77. The Bertz CT molecular complexity index is 619. The maximum Gasteiger partial charge on any atom is 0.233 e. The van der Waals surface area contributed by atoms with Crippen molar-refractivity contribution >= 4 is 11.6 Å². The Morgan fingerprint density at radius 2 is 2.25 bits per heavy atom. The molecule has 106 valence electrons. The maximum absolute atomic E-state index is 13.0. The van der Waals surface area contributed by atoms with E-state index in [0.29, 0.717) is 36.4 Å². The number of halogens is 2. The Morgan fingerprint density at radius 3 is 2.95 bits per heavy atom. The van der Waals surface area contributed by atoms with Crippen LogP contribution in [0.3, 0.4) is 0 Å². The molecule has 1 aliphatic heterocycles.